The normalized spacial score (nSPS) is 10.8. The summed E-state index contributed by atoms with van der Waals surface area (Å²) in [4.78, 5) is 15.0. The molecule has 1 aromatic heterocycles. The minimum atomic E-state index is -0.380. The second kappa shape index (κ2) is 11.5. The van der Waals surface area contributed by atoms with E-state index in [0.717, 1.165) is 18.4 Å². The van der Waals surface area contributed by atoms with Crippen molar-refractivity contribution in [2.75, 3.05) is 25.7 Å². The molecule has 9 heteroatoms. The van der Waals surface area contributed by atoms with E-state index in [1.807, 2.05) is 25.1 Å². The van der Waals surface area contributed by atoms with Crippen molar-refractivity contribution >= 4 is 12.2 Å². The maximum atomic E-state index is 12.4. The molecule has 32 heavy (non-hydrogen) atoms. The van der Waals surface area contributed by atoms with Gasteiger partial charge in [-0.15, -0.1) is 10.2 Å². The Morgan fingerprint density at radius 2 is 1.88 bits per heavy atom. The Morgan fingerprint density at radius 3 is 2.56 bits per heavy atom. The molecule has 9 nitrogen and oxygen atoms in total. The predicted molar refractivity (Wildman–Crippen MR) is 124 cm³/mol. The Balaban J connectivity index is 1.67. The highest BCUT2D eigenvalue weighted by molar-refractivity contribution is 5.81. The van der Waals surface area contributed by atoms with Crippen molar-refractivity contribution in [2.24, 2.45) is 5.10 Å². The van der Waals surface area contributed by atoms with Crippen molar-refractivity contribution in [2.45, 2.75) is 26.7 Å². The van der Waals surface area contributed by atoms with E-state index in [-0.39, 0.29) is 17.2 Å². The molecule has 2 aromatic carbocycles. The first-order chi connectivity index (χ1) is 15.6. The molecule has 0 aliphatic carbocycles. The molecule has 0 bridgehead atoms. The number of hydrogen-bond donors (Lipinski definition) is 2. The van der Waals surface area contributed by atoms with E-state index < -0.39 is 0 Å². The monoisotopic (exact) mass is 437 g/mol. The van der Waals surface area contributed by atoms with Crippen LogP contribution in [-0.4, -0.2) is 41.7 Å². The van der Waals surface area contributed by atoms with Crippen LogP contribution in [0.15, 0.2) is 52.4 Å². The number of methoxy groups -OCH3 is 1. The lowest BCUT2D eigenvalue weighted by atomic mass is 10.1. The van der Waals surface area contributed by atoms with Crippen LogP contribution in [-0.2, 0) is 0 Å². The zero-order valence-corrected chi connectivity index (χ0v) is 18.4. The number of anilines is 1. The molecule has 0 aliphatic heterocycles. The smallest absolute Gasteiger partial charge is 0.279 e. The topological polar surface area (TPSA) is 111 Å². The number of nitrogens with one attached hydrogen (secondary N) is 2. The van der Waals surface area contributed by atoms with Crippen LogP contribution in [0.3, 0.4) is 0 Å². The van der Waals surface area contributed by atoms with Gasteiger partial charge in [0.1, 0.15) is 5.75 Å². The third kappa shape index (κ3) is 6.07. The van der Waals surface area contributed by atoms with Crippen LogP contribution in [0.4, 0.5) is 5.95 Å². The molecule has 0 atom stereocenters. The van der Waals surface area contributed by atoms with Gasteiger partial charge in [0.25, 0.3) is 5.56 Å². The summed E-state index contributed by atoms with van der Waals surface area (Å²) in [6.45, 7) is 5.21. The van der Waals surface area contributed by atoms with Gasteiger partial charge in [-0.1, -0.05) is 13.3 Å². The minimum absolute atomic E-state index is 0.132. The van der Waals surface area contributed by atoms with E-state index in [4.69, 9.17) is 14.2 Å². The summed E-state index contributed by atoms with van der Waals surface area (Å²) in [6.07, 6.45) is 3.64. The fourth-order valence-electron chi connectivity index (χ4n) is 2.81. The molecule has 3 rings (SSSR count). The molecular weight excluding hydrogens is 410 g/mol. The number of nitrogens with zero attached hydrogens (tertiary/aromatic N) is 3. The zero-order chi connectivity index (χ0) is 22.8. The molecule has 1 heterocycles. The van der Waals surface area contributed by atoms with E-state index in [1.165, 1.54) is 0 Å². The highest BCUT2D eigenvalue weighted by atomic mass is 16.5. The number of hydrazone groups is 1. The standard InChI is InChI=1S/C23H27N5O4/c1-4-6-13-32-19-12-7-16(14-20(19)31-5-2)15-24-27-23-25-22(29)21(26-28-23)17-8-10-18(30-3)11-9-17/h7-12,14-15H,4-6,13H2,1-3H3,(H2,25,27,28,29)/b24-15+. The van der Waals surface area contributed by atoms with Gasteiger partial charge in [-0.3, -0.25) is 9.78 Å². The molecule has 168 valence electrons. The molecule has 0 fully saturated rings. The number of aromatic amines is 1. The number of rotatable bonds is 11. The third-order valence-electron chi connectivity index (χ3n) is 4.47. The van der Waals surface area contributed by atoms with E-state index in [2.05, 4.69) is 32.6 Å². The van der Waals surface area contributed by atoms with E-state index in [9.17, 15) is 4.79 Å². The van der Waals surface area contributed by atoms with Crippen LogP contribution in [0.5, 0.6) is 17.2 Å². The minimum Gasteiger partial charge on any atom is -0.497 e. The van der Waals surface area contributed by atoms with Gasteiger partial charge in [0, 0.05) is 5.56 Å². The molecule has 0 unspecified atom stereocenters. The van der Waals surface area contributed by atoms with Crippen LogP contribution in [0.25, 0.3) is 11.3 Å². The molecule has 0 aliphatic rings. The predicted octanol–water partition coefficient (Wildman–Crippen LogP) is 3.86. The first-order valence-corrected chi connectivity index (χ1v) is 10.4. The van der Waals surface area contributed by atoms with E-state index in [0.29, 0.717) is 36.0 Å². The van der Waals surface area contributed by atoms with Gasteiger partial charge in [0.05, 0.1) is 26.5 Å². The average molecular weight is 438 g/mol. The fraction of sp³-hybridized carbons (Fsp3) is 0.304. The van der Waals surface area contributed by atoms with Gasteiger partial charge in [0.2, 0.25) is 5.95 Å². The number of H-pyrrole nitrogens is 1. The maximum Gasteiger partial charge on any atom is 0.279 e. The number of hydrogen-bond acceptors (Lipinski definition) is 8. The summed E-state index contributed by atoms with van der Waals surface area (Å²) >= 11 is 0. The number of ether oxygens (including phenoxy) is 3. The van der Waals surface area contributed by atoms with Crippen LogP contribution >= 0.6 is 0 Å². The van der Waals surface area contributed by atoms with Gasteiger partial charge in [-0.25, -0.2) is 5.43 Å². The van der Waals surface area contributed by atoms with Crippen LogP contribution in [0, 0.1) is 0 Å². The largest absolute Gasteiger partial charge is 0.497 e. The summed E-state index contributed by atoms with van der Waals surface area (Å²) < 4.78 is 16.6. The Morgan fingerprint density at radius 1 is 1.06 bits per heavy atom. The molecule has 0 saturated heterocycles. The molecule has 0 spiro atoms. The van der Waals surface area contributed by atoms with Crippen LogP contribution in [0.1, 0.15) is 32.3 Å². The number of benzene rings is 2. The summed E-state index contributed by atoms with van der Waals surface area (Å²) in [7, 11) is 1.58. The van der Waals surface area contributed by atoms with Gasteiger partial charge >= 0.3 is 0 Å². The third-order valence-corrected chi connectivity index (χ3v) is 4.47. The lowest BCUT2D eigenvalue weighted by Crippen LogP contribution is -2.15. The second-order valence-electron chi connectivity index (χ2n) is 6.79. The summed E-state index contributed by atoms with van der Waals surface area (Å²) in [5.41, 5.74) is 3.96. The van der Waals surface area contributed by atoms with Crippen molar-refractivity contribution in [3.8, 4) is 28.5 Å². The van der Waals surface area contributed by atoms with Gasteiger partial charge in [0.15, 0.2) is 17.2 Å². The molecule has 0 amide bonds. The lowest BCUT2D eigenvalue weighted by Gasteiger charge is -2.12. The van der Waals surface area contributed by atoms with Crippen molar-refractivity contribution in [3.05, 3.63) is 58.4 Å². The Hall–Kier alpha value is -3.88. The van der Waals surface area contributed by atoms with Gasteiger partial charge in [-0.2, -0.15) is 5.10 Å². The van der Waals surface area contributed by atoms with Gasteiger partial charge < -0.3 is 14.2 Å². The fourth-order valence-corrected chi connectivity index (χ4v) is 2.81. The van der Waals surface area contributed by atoms with E-state index in [1.54, 1.807) is 37.6 Å². The SMILES string of the molecule is CCCCOc1ccc(/C=N/Nc2nnc(-c3ccc(OC)cc3)c(=O)[nH]2)cc1OCC. The summed E-state index contributed by atoms with van der Waals surface area (Å²) in [6, 6.07) is 12.6. The number of aromatic nitrogens is 3. The van der Waals surface area contributed by atoms with Crippen LogP contribution in [0.2, 0.25) is 0 Å². The molecule has 0 radical (unpaired) electrons. The highest BCUT2D eigenvalue weighted by Crippen LogP contribution is 2.28. The summed E-state index contributed by atoms with van der Waals surface area (Å²) in [5.74, 6) is 2.19. The Bertz CT molecular complexity index is 1100. The zero-order valence-electron chi connectivity index (χ0n) is 18.4. The Labute approximate surface area is 186 Å². The first kappa shape index (κ1) is 22.8. The molecular formula is C23H27N5O4. The molecule has 3 aromatic rings. The van der Waals surface area contributed by atoms with Crippen molar-refractivity contribution < 1.29 is 14.2 Å². The van der Waals surface area contributed by atoms with Crippen molar-refractivity contribution in [1.82, 2.24) is 15.2 Å². The number of unbranched alkanes of at least 4 members (excludes halogenated alkanes) is 1. The summed E-state index contributed by atoms with van der Waals surface area (Å²) in [5, 5.41) is 12.1. The van der Waals surface area contributed by atoms with Gasteiger partial charge in [-0.05, 0) is 61.4 Å². The average Bonchev–Trinajstić information content (AvgIpc) is 2.81. The highest BCUT2D eigenvalue weighted by Gasteiger charge is 2.08. The Kier molecular flexibility index (Phi) is 8.19. The first-order valence-electron chi connectivity index (χ1n) is 10.4. The quantitative estimate of drug-likeness (QED) is 0.266. The second-order valence-corrected chi connectivity index (χ2v) is 6.79. The molecule has 0 saturated carbocycles. The van der Waals surface area contributed by atoms with Crippen molar-refractivity contribution in [1.29, 1.82) is 0 Å². The molecule has 2 N–H and O–H groups in total. The maximum absolute atomic E-state index is 12.4. The van der Waals surface area contributed by atoms with Crippen LogP contribution < -0.4 is 25.2 Å². The van der Waals surface area contributed by atoms with Crippen molar-refractivity contribution in [3.63, 3.8) is 0 Å². The lowest BCUT2D eigenvalue weighted by molar-refractivity contribution is 0.272. The van der Waals surface area contributed by atoms with E-state index >= 15 is 0 Å².